The SMILES string of the molecule is CCOc1ncc(NC(=O)c2ccccc2Cl)cn1. The number of nitrogens with zero attached hydrogens (tertiary/aromatic N) is 2. The van der Waals surface area contributed by atoms with Crippen molar-refractivity contribution in [3.8, 4) is 6.01 Å². The van der Waals surface area contributed by atoms with E-state index in [4.69, 9.17) is 16.3 Å². The summed E-state index contributed by atoms with van der Waals surface area (Å²) < 4.78 is 5.11. The molecule has 19 heavy (non-hydrogen) atoms. The van der Waals surface area contributed by atoms with E-state index in [0.29, 0.717) is 22.9 Å². The Morgan fingerprint density at radius 3 is 2.63 bits per heavy atom. The molecule has 1 amide bonds. The first kappa shape index (κ1) is 13.3. The van der Waals surface area contributed by atoms with E-state index in [0.717, 1.165) is 0 Å². The lowest BCUT2D eigenvalue weighted by atomic mass is 10.2. The maximum absolute atomic E-state index is 12.0. The number of ether oxygens (including phenoxy) is 1. The first-order valence-electron chi connectivity index (χ1n) is 5.71. The maximum Gasteiger partial charge on any atom is 0.316 e. The summed E-state index contributed by atoms with van der Waals surface area (Å²) in [5.74, 6) is -0.307. The van der Waals surface area contributed by atoms with Gasteiger partial charge >= 0.3 is 6.01 Å². The highest BCUT2D eigenvalue weighted by molar-refractivity contribution is 6.34. The quantitative estimate of drug-likeness (QED) is 0.933. The molecular formula is C13H12ClN3O2. The van der Waals surface area contributed by atoms with Gasteiger partial charge in [0.1, 0.15) is 0 Å². The third-order valence-electron chi connectivity index (χ3n) is 2.28. The summed E-state index contributed by atoms with van der Waals surface area (Å²) in [7, 11) is 0. The summed E-state index contributed by atoms with van der Waals surface area (Å²) in [6, 6.07) is 7.09. The second-order valence-electron chi connectivity index (χ2n) is 3.62. The normalized spacial score (nSPS) is 10.0. The van der Waals surface area contributed by atoms with Crippen LogP contribution >= 0.6 is 11.6 Å². The summed E-state index contributed by atoms with van der Waals surface area (Å²) in [5, 5.41) is 3.06. The number of aromatic nitrogens is 2. The number of nitrogens with one attached hydrogen (secondary N) is 1. The molecule has 2 rings (SSSR count). The molecule has 1 aromatic carbocycles. The van der Waals surface area contributed by atoms with Gasteiger partial charge in [0.05, 0.1) is 35.3 Å². The molecule has 0 aliphatic heterocycles. The van der Waals surface area contributed by atoms with Crippen molar-refractivity contribution in [1.29, 1.82) is 0 Å². The fourth-order valence-electron chi connectivity index (χ4n) is 1.43. The first-order chi connectivity index (χ1) is 9.20. The van der Waals surface area contributed by atoms with Gasteiger partial charge in [0, 0.05) is 0 Å². The molecule has 0 spiro atoms. The molecule has 5 nitrogen and oxygen atoms in total. The van der Waals surface area contributed by atoms with E-state index in [1.165, 1.54) is 12.4 Å². The van der Waals surface area contributed by atoms with Gasteiger partial charge in [-0.2, -0.15) is 0 Å². The molecule has 1 aromatic heterocycles. The van der Waals surface area contributed by atoms with Crippen LogP contribution in [0.5, 0.6) is 6.01 Å². The molecule has 6 heteroatoms. The molecule has 0 aliphatic carbocycles. The molecule has 0 radical (unpaired) electrons. The fraction of sp³-hybridized carbons (Fsp3) is 0.154. The van der Waals surface area contributed by atoms with Crippen molar-refractivity contribution in [3.63, 3.8) is 0 Å². The Morgan fingerprint density at radius 2 is 2.00 bits per heavy atom. The highest BCUT2D eigenvalue weighted by Crippen LogP contribution is 2.17. The third-order valence-corrected chi connectivity index (χ3v) is 2.61. The van der Waals surface area contributed by atoms with E-state index in [9.17, 15) is 4.79 Å². The van der Waals surface area contributed by atoms with Gasteiger partial charge < -0.3 is 10.1 Å². The minimum absolute atomic E-state index is 0.276. The topological polar surface area (TPSA) is 64.1 Å². The number of hydrogen-bond donors (Lipinski definition) is 1. The van der Waals surface area contributed by atoms with Gasteiger partial charge in [0.25, 0.3) is 5.91 Å². The summed E-state index contributed by atoms with van der Waals surface area (Å²) in [4.78, 5) is 19.9. The van der Waals surface area contributed by atoms with Gasteiger partial charge in [-0.15, -0.1) is 0 Å². The van der Waals surface area contributed by atoms with Crippen LogP contribution < -0.4 is 10.1 Å². The van der Waals surface area contributed by atoms with Crippen LogP contribution in [0.1, 0.15) is 17.3 Å². The van der Waals surface area contributed by atoms with Crippen LogP contribution in [-0.2, 0) is 0 Å². The van der Waals surface area contributed by atoms with E-state index >= 15 is 0 Å². The molecule has 0 saturated heterocycles. The number of carbonyl (C=O) groups excluding carboxylic acids is 1. The lowest BCUT2D eigenvalue weighted by Gasteiger charge is -2.06. The zero-order valence-electron chi connectivity index (χ0n) is 10.3. The van der Waals surface area contributed by atoms with Gasteiger partial charge in [-0.25, -0.2) is 9.97 Å². The second kappa shape index (κ2) is 6.15. The van der Waals surface area contributed by atoms with Crippen molar-refractivity contribution in [1.82, 2.24) is 9.97 Å². The van der Waals surface area contributed by atoms with Crippen LogP contribution in [0, 0.1) is 0 Å². The number of benzene rings is 1. The number of carbonyl (C=O) groups is 1. The molecular weight excluding hydrogens is 266 g/mol. The summed E-state index contributed by atoms with van der Waals surface area (Å²) in [6.07, 6.45) is 2.96. The maximum atomic E-state index is 12.0. The lowest BCUT2D eigenvalue weighted by Crippen LogP contribution is -2.13. The standard InChI is InChI=1S/C13H12ClN3O2/c1-2-19-13-15-7-9(8-16-13)17-12(18)10-5-3-4-6-11(10)14/h3-8H,2H2,1H3,(H,17,18). The Hall–Kier alpha value is -2.14. The fourth-order valence-corrected chi connectivity index (χ4v) is 1.65. The molecule has 0 atom stereocenters. The highest BCUT2D eigenvalue weighted by Gasteiger charge is 2.10. The third kappa shape index (κ3) is 3.42. The van der Waals surface area contributed by atoms with Crippen LogP contribution in [0.4, 0.5) is 5.69 Å². The smallest absolute Gasteiger partial charge is 0.316 e. The summed E-state index contributed by atoms with van der Waals surface area (Å²) in [6.45, 7) is 2.34. The zero-order chi connectivity index (χ0) is 13.7. The molecule has 98 valence electrons. The molecule has 1 heterocycles. The molecule has 1 N–H and O–H groups in total. The van der Waals surface area contributed by atoms with Crippen molar-refractivity contribution in [2.45, 2.75) is 6.92 Å². The van der Waals surface area contributed by atoms with Crippen molar-refractivity contribution in [3.05, 3.63) is 47.2 Å². The number of anilines is 1. The van der Waals surface area contributed by atoms with Gasteiger partial charge in [0.15, 0.2) is 0 Å². The van der Waals surface area contributed by atoms with Crippen LogP contribution in [0.25, 0.3) is 0 Å². The van der Waals surface area contributed by atoms with Crippen LogP contribution in [-0.4, -0.2) is 22.5 Å². The Balaban J connectivity index is 2.09. The predicted molar refractivity (Wildman–Crippen MR) is 72.6 cm³/mol. The molecule has 0 fully saturated rings. The molecule has 0 unspecified atom stereocenters. The van der Waals surface area contributed by atoms with Crippen LogP contribution in [0.2, 0.25) is 5.02 Å². The average molecular weight is 278 g/mol. The Bertz CT molecular complexity index is 572. The van der Waals surface area contributed by atoms with Gasteiger partial charge in [0.2, 0.25) is 0 Å². The number of halogens is 1. The number of hydrogen-bond acceptors (Lipinski definition) is 4. The number of rotatable bonds is 4. The predicted octanol–water partition coefficient (Wildman–Crippen LogP) is 2.78. The van der Waals surface area contributed by atoms with E-state index in [2.05, 4.69) is 15.3 Å². The van der Waals surface area contributed by atoms with Gasteiger partial charge in [-0.05, 0) is 19.1 Å². The summed E-state index contributed by atoms with van der Waals surface area (Å²) in [5.41, 5.74) is 0.881. The molecule has 2 aromatic rings. The Labute approximate surface area is 115 Å². The summed E-state index contributed by atoms with van der Waals surface area (Å²) >= 11 is 5.94. The van der Waals surface area contributed by atoms with Gasteiger partial charge in [-0.1, -0.05) is 23.7 Å². The minimum Gasteiger partial charge on any atom is -0.464 e. The van der Waals surface area contributed by atoms with Crippen LogP contribution in [0.3, 0.4) is 0 Å². The van der Waals surface area contributed by atoms with E-state index < -0.39 is 0 Å². The zero-order valence-corrected chi connectivity index (χ0v) is 11.0. The Kier molecular flexibility index (Phi) is 4.30. The number of amides is 1. The van der Waals surface area contributed by atoms with Crippen molar-refractivity contribution >= 4 is 23.2 Å². The van der Waals surface area contributed by atoms with Gasteiger partial charge in [-0.3, -0.25) is 4.79 Å². The van der Waals surface area contributed by atoms with Crippen molar-refractivity contribution in [2.75, 3.05) is 11.9 Å². The van der Waals surface area contributed by atoms with Crippen LogP contribution in [0.15, 0.2) is 36.7 Å². The molecule has 0 saturated carbocycles. The Morgan fingerprint density at radius 1 is 1.32 bits per heavy atom. The largest absolute Gasteiger partial charge is 0.464 e. The molecule has 0 aliphatic rings. The highest BCUT2D eigenvalue weighted by atomic mass is 35.5. The second-order valence-corrected chi connectivity index (χ2v) is 4.03. The van der Waals surface area contributed by atoms with Crippen molar-refractivity contribution < 1.29 is 9.53 Å². The lowest BCUT2D eigenvalue weighted by molar-refractivity contribution is 0.102. The van der Waals surface area contributed by atoms with E-state index in [1.54, 1.807) is 24.3 Å². The van der Waals surface area contributed by atoms with E-state index in [1.807, 2.05) is 6.92 Å². The monoisotopic (exact) mass is 277 g/mol. The van der Waals surface area contributed by atoms with Crippen molar-refractivity contribution in [2.24, 2.45) is 0 Å². The van der Waals surface area contributed by atoms with E-state index in [-0.39, 0.29) is 11.9 Å². The minimum atomic E-state index is -0.307. The first-order valence-corrected chi connectivity index (χ1v) is 6.09. The molecule has 0 bridgehead atoms. The average Bonchev–Trinajstić information content (AvgIpc) is 2.42.